The van der Waals surface area contributed by atoms with Gasteiger partial charge in [0.05, 0.1) is 6.54 Å². The number of hydrogen-bond donors (Lipinski definition) is 2. The number of ether oxygens (including phenoxy) is 1. The van der Waals surface area contributed by atoms with E-state index >= 15 is 0 Å². The molecule has 0 radical (unpaired) electrons. The van der Waals surface area contributed by atoms with Crippen LogP contribution in [0.1, 0.15) is 19.8 Å². The Labute approximate surface area is 139 Å². The molecule has 6 nitrogen and oxygen atoms in total. The standard InChI is InChI=1S/C16H19ClN2O4/c1-16(10-2-3-10)14(21)19(15(22)18-16)8-12(20)9-23-13-6-4-11(17)5-7-13/h4-7,10,12,20H,2-3,8-9H2,1H3,(H,18,22)/t12-,16-/m0/s1. The minimum atomic E-state index is -0.957. The molecule has 3 rings (SSSR count). The van der Waals surface area contributed by atoms with E-state index in [1.54, 1.807) is 31.2 Å². The molecule has 0 unspecified atom stereocenters. The van der Waals surface area contributed by atoms with E-state index in [0.717, 1.165) is 17.7 Å². The van der Waals surface area contributed by atoms with Gasteiger partial charge in [-0.15, -0.1) is 0 Å². The van der Waals surface area contributed by atoms with E-state index in [1.807, 2.05) is 0 Å². The molecule has 0 spiro atoms. The first-order valence-electron chi connectivity index (χ1n) is 7.60. The van der Waals surface area contributed by atoms with Crippen LogP contribution in [0.15, 0.2) is 24.3 Å². The van der Waals surface area contributed by atoms with Gasteiger partial charge in [0.1, 0.15) is 24.0 Å². The lowest BCUT2D eigenvalue weighted by Crippen LogP contribution is -2.46. The first-order valence-corrected chi connectivity index (χ1v) is 7.98. The molecule has 1 aromatic rings. The number of β-amino-alcohol motifs (C(OH)–C–C–N with tert-alkyl or cyclic N) is 1. The highest BCUT2D eigenvalue weighted by atomic mass is 35.5. The fraction of sp³-hybridized carbons (Fsp3) is 0.500. The van der Waals surface area contributed by atoms with Crippen LogP contribution in [0.25, 0.3) is 0 Å². The van der Waals surface area contributed by atoms with Crippen molar-refractivity contribution in [3.8, 4) is 5.75 Å². The lowest BCUT2D eigenvalue weighted by molar-refractivity contribution is -0.132. The molecule has 23 heavy (non-hydrogen) atoms. The summed E-state index contributed by atoms with van der Waals surface area (Å²) in [5.41, 5.74) is -0.826. The van der Waals surface area contributed by atoms with Crippen LogP contribution in [0.2, 0.25) is 5.02 Å². The molecule has 1 aliphatic heterocycles. The van der Waals surface area contributed by atoms with Crippen LogP contribution in [-0.2, 0) is 4.79 Å². The minimum absolute atomic E-state index is 0.0150. The molecule has 2 fully saturated rings. The molecule has 0 bridgehead atoms. The largest absolute Gasteiger partial charge is 0.491 e. The van der Waals surface area contributed by atoms with Gasteiger partial charge in [0.25, 0.3) is 5.91 Å². The molecule has 3 amide bonds. The number of rotatable bonds is 6. The Balaban J connectivity index is 1.55. The second-order valence-electron chi connectivity index (χ2n) is 6.24. The molecule has 1 aromatic carbocycles. The third-order valence-corrected chi connectivity index (χ3v) is 4.60. The lowest BCUT2D eigenvalue weighted by atomic mass is 9.96. The van der Waals surface area contributed by atoms with E-state index in [0.29, 0.717) is 10.8 Å². The number of urea groups is 1. The number of benzene rings is 1. The van der Waals surface area contributed by atoms with Crippen molar-refractivity contribution >= 4 is 23.5 Å². The van der Waals surface area contributed by atoms with Crippen molar-refractivity contribution in [1.82, 2.24) is 10.2 Å². The summed E-state index contributed by atoms with van der Waals surface area (Å²) < 4.78 is 5.44. The summed E-state index contributed by atoms with van der Waals surface area (Å²) in [5.74, 6) is 0.496. The van der Waals surface area contributed by atoms with Crippen LogP contribution in [-0.4, -0.2) is 46.7 Å². The van der Waals surface area contributed by atoms with E-state index in [2.05, 4.69) is 5.32 Å². The number of halogens is 1. The average Bonchev–Trinajstić information content (AvgIpc) is 3.33. The smallest absolute Gasteiger partial charge is 0.325 e. The summed E-state index contributed by atoms with van der Waals surface area (Å²) in [6, 6.07) is 6.29. The van der Waals surface area contributed by atoms with Crippen molar-refractivity contribution < 1.29 is 19.4 Å². The van der Waals surface area contributed by atoms with E-state index < -0.39 is 17.7 Å². The van der Waals surface area contributed by atoms with Crippen molar-refractivity contribution in [2.75, 3.05) is 13.2 Å². The van der Waals surface area contributed by atoms with Gasteiger partial charge in [-0.25, -0.2) is 4.79 Å². The maximum atomic E-state index is 12.4. The molecular weight excluding hydrogens is 320 g/mol. The van der Waals surface area contributed by atoms with Gasteiger partial charge in [0.2, 0.25) is 0 Å². The number of nitrogens with one attached hydrogen (secondary N) is 1. The number of hydrogen-bond acceptors (Lipinski definition) is 4. The summed E-state index contributed by atoms with van der Waals surface area (Å²) in [6.07, 6.45) is 0.930. The monoisotopic (exact) mass is 338 g/mol. The fourth-order valence-electron chi connectivity index (χ4n) is 2.81. The first kappa shape index (κ1) is 16.1. The van der Waals surface area contributed by atoms with Crippen LogP contribution < -0.4 is 10.1 Å². The van der Waals surface area contributed by atoms with Crippen LogP contribution in [0, 0.1) is 5.92 Å². The molecule has 0 aromatic heterocycles. The van der Waals surface area contributed by atoms with Crippen LogP contribution in [0.5, 0.6) is 5.75 Å². The van der Waals surface area contributed by atoms with Crippen molar-refractivity contribution in [2.45, 2.75) is 31.4 Å². The fourth-order valence-corrected chi connectivity index (χ4v) is 2.93. The first-order chi connectivity index (χ1) is 10.9. The van der Waals surface area contributed by atoms with Crippen molar-refractivity contribution in [3.05, 3.63) is 29.3 Å². The second-order valence-corrected chi connectivity index (χ2v) is 6.68. The summed E-state index contributed by atoms with van der Waals surface area (Å²) in [5, 5.41) is 13.4. The quantitative estimate of drug-likeness (QED) is 0.775. The van der Waals surface area contributed by atoms with Gasteiger partial charge in [-0.05, 0) is 49.9 Å². The van der Waals surface area contributed by atoms with Crippen molar-refractivity contribution in [3.63, 3.8) is 0 Å². The maximum absolute atomic E-state index is 12.4. The molecule has 1 aliphatic carbocycles. The highest BCUT2D eigenvalue weighted by Gasteiger charge is 2.56. The molecule has 7 heteroatoms. The predicted octanol–water partition coefficient (Wildman–Crippen LogP) is 1.80. The Morgan fingerprint density at radius 3 is 2.65 bits per heavy atom. The third-order valence-electron chi connectivity index (χ3n) is 4.34. The highest BCUT2D eigenvalue weighted by Crippen LogP contribution is 2.42. The topological polar surface area (TPSA) is 78.9 Å². The average molecular weight is 339 g/mol. The minimum Gasteiger partial charge on any atom is -0.491 e. The van der Waals surface area contributed by atoms with Gasteiger partial charge in [0.15, 0.2) is 0 Å². The maximum Gasteiger partial charge on any atom is 0.325 e. The Bertz CT molecular complexity index is 617. The Hall–Kier alpha value is -1.79. The molecule has 2 N–H and O–H groups in total. The summed E-state index contributed by atoms with van der Waals surface area (Å²) in [6.45, 7) is 1.65. The van der Waals surface area contributed by atoms with Crippen LogP contribution in [0.4, 0.5) is 4.79 Å². The molecule has 1 saturated heterocycles. The number of carbonyl (C=O) groups excluding carboxylic acids is 2. The Morgan fingerprint density at radius 2 is 2.04 bits per heavy atom. The number of aliphatic hydroxyl groups is 1. The zero-order valence-electron chi connectivity index (χ0n) is 12.8. The van der Waals surface area contributed by atoms with Gasteiger partial charge in [-0.1, -0.05) is 11.6 Å². The zero-order valence-corrected chi connectivity index (χ0v) is 13.5. The number of amides is 3. The van der Waals surface area contributed by atoms with E-state index in [-0.39, 0.29) is 25.0 Å². The second kappa shape index (κ2) is 6.02. The van der Waals surface area contributed by atoms with Gasteiger partial charge in [-0.2, -0.15) is 0 Å². The third kappa shape index (κ3) is 3.28. The van der Waals surface area contributed by atoms with E-state index in [9.17, 15) is 14.7 Å². The Morgan fingerprint density at radius 1 is 1.39 bits per heavy atom. The van der Waals surface area contributed by atoms with Crippen LogP contribution >= 0.6 is 11.6 Å². The summed E-state index contributed by atoms with van der Waals surface area (Å²) >= 11 is 5.78. The van der Waals surface area contributed by atoms with Gasteiger partial charge >= 0.3 is 6.03 Å². The number of carbonyl (C=O) groups is 2. The van der Waals surface area contributed by atoms with E-state index in [1.165, 1.54) is 0 Å². The Kier molecular flexibility index (Phi) is 4.21. The van der Waals surface area contributed by atoms with Crippen molar-refractivity contribution in [2.24, 2.45) is 5.92 Å². The number of aliphatic hydroxyl groups excluding tert-OH is 1. The molecule has 2 atom stereocenters. The van der Waals surface area contributed by atoms with Gasteiger partial charge in [-0.3, -0.25) is 9.69 Å². The van der Waals surface area contributed by atoms with Gasteiger partial charge < -0.3 is 15.2 Å². The van der Waals surface area contributed by atoms with Gasteiger partial charge in [0, 0.05) is 5.02 Å². The molecule has 1 saturated carbocycles. The number of nitrogens with zero attached hydrogens (tertiary/aromatic N) is 1. The molecule has 1 heterocycles. The molecular formula is C16H19ClN2O4. The molecule has 124 valence electrons. The summed E-state index contributed by atoms with van der Waals surface area (Å²) in [7, 11) is 0. The number of imide groups is 1. The van der Waals surface area contributed by atoms with Crippen molar-refractivity contribution in [1.29, 1.82) is 0 Å². The highest BCUT2D eigenvalue weighted by molar-refractivity contribution is 6.30. The van der Waals surface area contributed by atoms with Crippen LogP contribution in [0.3, 0.4) is 0 Å². The van der Waals surface area contributed by atoms with E-state index in [4.69, 9.17) is 16.3 Å². The predicted molar refractivity (Wildman–Crippen MR) is 84.3 cm³/mol. The summed E-state index contributed by atoms with van der Waals surface area (Å²) in [4.78, 5) is 25.5. The lowest BCUT2D eigenvalue weighted by Gasteiger charge is -2.22. The molecule has 2 aliphatic rings. The SMILES string of the molecule is C[C@@]1(C2CC2)NC(=O)N(C[C@H](O)COc2ccc(Cl)cc2)C1=O. The normalized spacial score (nSPS) is 25.4. The zero-order chi connectivity index (χ0) is 16.6.